The molecule has 2 aliphatic carbocycles. The van der Waals surface area contributed by atoms with Crippen molar-refractivity contribution in [2.24, 2.45) is 11.8 Å². The molecule has 0 aromatic carbocycles. The summed E-state index contributed by atoms with van der Waals surface area (Å²) in [7, 11) is 1.82. The molecule has 1 saturated heterocycles. The summed E-state index contributed by atoms with van der Waals surface area (Å²) in [6.07, 6.45) is 8.00. The van der Waals surface area contributed by atoms with Crippen molar-refractivity contribution >= 4 is 11.8 Å². The molecule has 1 heterocycles. The van der Waals surface area contributed by atoms with Gasteiger partial charge < -0.3 is 10.2 Å². The highest BCUT2D eigenvalue weighted by Gasteiger charge is 2.47. The lowest BCUT2D eigenvalue weighted by Gasteiger charge is -2.41. The number of hydrogen-bond donors (Lipinski definition) is 1. The number of carbonyl (C=O) groups excluding carboxylic acids is 2. The highest BCUT2D eigenvalue weighted by molar-refractivity contribution is 5.97. The van der Waals surface area contributed by atoms with Crippen LogP contribution in [0.4, 0.5) is 0 Å². The summed E-state index contributed by atoms with van der Waals surface area (Å²) in [5.74, 6) is 0.984. The zero-order valence-electron chi connectivity index (χ0n) is 11.0. The van der Waals surface area contributed by atoms with E-state index in [9.17, 15) is 9.59 Å². The molecule has 100 valence electrons. The number of likely N-dealkylation sites (N-methyl/N-ethyl adjacent to an activating group) is 1. The lowest BCUT2D eigenvalue weighted by molar-refractivity contribution is -0.151. The quantitative estimate of drug-likeness (QED) is 0.803. The van der Waals surface area contributed by atoms with Crippen LogP contribution in [0.15, 0.2) is 0 Å². The monoisotopic (exact) mass is 250 g/mol. The van der Waals surface area contributed by atoms with Gasteiger partial charge in [0.2, 0.25) is 11.8 Å². The van der Waals surface area contributed by atoms with Gasteiger partial charge in [0.05, 0.1) is 0 Å². The number of piperazine rings is 1. The van der Waals surface area contributed by atoms with Crippen molar-refractivity contribution in [3.05, 3.63) is 0 Å². The van der Waals surface area contributed by atoms with E-state index in [0.717, 1.165) is 25.7 Å². The topological polar surface area (TPSA) is 49.4 Å². The fourth-order valence-electron chi connectivity index (χ4n) is 3.56. The highest BCUT2D eigenvalue weighted by atomic mass is 16.2. The Morgan fingerprint density at radius 2 is 1.67 bits per heavy atom. The van der Waals surface area contributed by atoms with Crippen LogP contribution in [0.25, 0.3) is 0 Å². The summed E-state index contributed by atoms with van der Waals surface area (Å²) in [5.41, 5.74) is 0. The second kappa shape index (κ2) is 4.56. The first kappa shape index (κ1) is 12.0. The Balaban J connectivity index is 1.74. The number of rotatable bonds is 2. The van der Waals surface area contributed by atoms with Crippen LogP contribution in [0.3, 0.4) is 0 Å². The first-order valence-electron chi connectivity index (χ1n) is 7.25. The van der Waals surface area contributed by atoms with Gasteiger partial charge in [-0.3, -0.25) is 9.59 Å². The molecule has 0 aromatic heterocycles. The average molecular weight is 250 g/mol. The van der Waals surface area contributed by atoms with E-state index in [1.54, 1.807) is 4.90 Å². The Kier molecular flexibility index (Phi) is 3.04. The summed E-state index contributed by atoms with van der Waals surface area (Å²) in [6.45, 7) is 0. The van der Waals surface area contributed by atoms with Crippen molar-refractivity contribution in [2.75, 3.05) is 7.05 Å². The molecule has 2 amide bonds. The predicted molar refractivity (Wildman–Crippen MR) is 67.8 cm³/mol. The molecule has 0 spiro atoms. The van der Waals surface area contributed by atoms with Gasteiger partial charge in [0.1, 0.15) is 12.1 Å². The van der Waals surface area contributed by atoms with E-state index >= 15 is 0 Å². The van der Waals surface area contributed by atoms with Gasteiger partial charge in [-0.05, 0) is 37.5 Å². The molecule has 0 aromatic rings. The molecule has 2 atom stereocenters. The minimum atomic E-state index is -0.234. The molecule has 2 unspecified atom stereocenters. The molecule has 4 nitrogen and oxygen atoms in total. The lowest BCUT2D eigenvalue weighted by atomic mass is 9.81. The Labute approximate surface area is 108 Å². The van der Waals surface area contributed by atoms with Crippen LogP contribution < -0.4 is 5.32 Å². The largest absolute Gasteiger partial charge is 0.342 e. The molecule has 3 rings (SSSR count). The van der Waals surface area contributed by atoms with Crippen LogP contribution in [-0.4, -0.2) is 35.8 Å². The van der Waals surface area contributed by atoms with Crippen molar-refractivity contribution in [3.63, 3.8) is 0 Å². The van der Waals surface area contributed by atoms with Crippen LogP contribution in [0.5, 0.6) is 0 Å². The third-order valence-electron chi connectivity index (χ3n) is 4.79. The zero-order valence-corrected chi connectivity index (χ0v) is 11.0. The van der Waals surface area contributed by atoms with Gasteiger partial charge in [0, 0.05) is 7.05 Å². The summed E-state index contributed by atoms with van der Waals surface area (Å²) < 4.78 is 0. The maximum atomic E-state index is 12.3. The van der Waals surface area contributed by atoms with Gasteiger partial charge in [0.25, 0.3) is 0 Å². The average Bonchev–Trinajstić information content (AvgIpc) is 3.19. The van der Waals surface area contributed by atoms with Crippen molar-refractivity contribution in [1.29, 1.82) is 0 Å². The molecule has 18 heavy (non-hydrogen) atoms. The van der Waals surface area contributed by atoms with Crippen molar-refractivity contribution in [1.82, 2.24) is 10.2 Å². The zero-order chi connectivity index (χ0) is 12.7. The fourth-order valence-corrected chi connectivity index (χ4v) is 3.56. The van der Waals surface area contributed by atoms with E-state index in [1.165, 1.54) is 19.3 Å². The predicted octanol–water partition coefficient (Wildman–Crippen LogP) is 1.30. The van der Waals surface area contributed by atoms with E-state index < -0.39 is 0 Å². The van der Waals surface area contributed by atoms with Crippen LogP contribution in [0, 0.1) is 11.8 Å². The number of hydrogen-bond acceptors (Lipinski definition) is 2. The molecule has 1 N–H and O–H groups in total. The van der Waals surface area contributed by atoms with Gasteiger partial charge in [-0.15, -0.1) is 0 Å². The van der Waals surface area contributed by atoms with E-state index in [-0.39, 0.29) is 23.9 Å². The molecule has 3 fully saturated rings. The van der Waals surface area contributed by atoms with Gasteiger partial charge in [-0.25, -0.2) is 0 Å². The standard InChI is InChI=1S/C14H22N2O2/c1-16-12(10-5-3-2-4-6-10)13(17)15-11(14(16)18)9-7-8-9/h9-12H,2-8H2,1H3,(H,15,17). The Bertz CT molecular complexity index is 359. The normalized spacial score (nSPS) is 34.6. The summed E-state index contributed by atoms with van der Waals surface area (Å²) >= 11 is 0. The van der Waals surface area contributed by atoms with Crippen molar-refractivity contribution in [2.45, 2.75) is 57.0 Å². The van der Waals surface area contributed by atoms with Crippen LogP contribution in [-0.2, 0) is 9.59 Å². The van der Waals surface area contributed by atoms with Crippen molar-refractivity contribution < 1.29 is 9.59 Å². The van der Waals surface area contributed by atoms with Crippen molar-refractivity contribution in [3.8, 4) is 0 Å². The molecule has 2 saturated carbocycles. The molecule has 0 bridgehead atoms. The maximum absolute atomic E-state index is 12.3. The number of carbonyl (C=O) groups is 2. The Morgan fingerprint density at radius 3 is 2.28 bits per heavy atom. The highest BCUT2D eigenvalue weighted by Crippen LogP contribution is 2.37. The van der Waals surface area contributed by atoms with E-state index in [4.69, 9.17) is 0 Å². The third kappa shape index (κ3) is 2.02. The lowest BCUT2D eigenvalue weighted by Crippen LogP contribution is -2.64. The van der Waals surface area contributed by atoms with E-state index in [0.29, 0.717) is 11.8 Å². The van der Waals surface area contributed by atoms with Crippen LogP contribution >= 0.6 is 0 Å². The molecule has 0 radical (unpaired) electrons. The number of amides is 2. The minimum absolute atomic E-state index is 0.0842. The van der Waals surface area contributed by atoms with E-state index in [2.05, 4.69) is 5.32 Å². The Morgan fingerprint density at radius 1 is 1.00 bits per heavy atom. The van der Waals surface area contributed by atoms with Crippen LogP contribution in [0.2, 0.25) is 0 Å². The van der Waals surface area contributed by atoms with Gasteiger partial charge in [0.15, 0.2) is 0 Å². The molecule has 4 heteroatoms. The maximum Gasteiger partial charge on any atom is 0.245 e. The fraction of sp³-hybridized carbons (Fsp3) is 0.857. The second-order valence-corrected chi connectivity index (χ2v) is 6.12. The molecular weight excluding hydrogens is 228 g/mol. The van der Waals surface area contributed by atoms with Crippen LogP contribution in [0.1, 0.15) is 44.9 Å². The van der Waals surface area contributed by atoms with E-state index in [1.807, 2.05) is 7.05 Å². The first-order valence-corrected chi connectivity index (χ1v) is 7.25. The molecule has 1 aliphatic heterocycles. The number of nitrogens with zero attached hydrogens (tertiary/aromatic N) is 1. The smallest absolute Gasteiger partial charge is 0.245 e. The summed E-state index contributed by atoms with van der Waals surface area (Å²) in [5, 5.41) is 2.98. The summed E-state index contributed by atoms with van der Waals surface area (Å²) in [4.78, 5) is 26.3. The van der Waals surface area contributed by atoms with Gasteiger partial charge in [-0.1, -0.05) is 19.3 Å². The first-order chi connectivity index (χ1) is 8.68. The van der Waals surface area contributed by atoms with Gasteiger partial charge in [-0.2, -0.15) is 0 Å². The minimum Gasteiger partial charge on any atom is -0.342 e. The summed E-state index contributed by atoms with van der Waals surface area (Å²) in [6, 6.07) is -0.449. The van der Waals surface area contributed by atoms with Gasteiger partial charge >= 0.3 is 0 Å². The Hall–Kier alpha value is -1.06. The number of nitrogens with one attached hydrogen (secondary N) is 1. The second-order valence-electron chi connectivity index (χ2n) is 6.12. The SMILES string of the molecule is CN1C(=O)C(C2CC2)NC(=O)C1C1CCCCC1. The molecular formula is C14H22N2O2. The third-order valence-corrected chi connectivity index (χ3v) is 4.79. The molecule has 3 aliphatic rings.